The molecule has 16 heteroatoms. The Kier molecular flexibility index (Phi) is 24.8. The van der Waals surface area contributed by atoms with Crippen LogP contribution in [-0.4, -0.2) is 83.8 Å². The Labute approximate surface area is 304 Å². The number of unbranched alkanes of at least 4 members (excludes halogenated alkanes) is 12. The number of amides is 4. The number of rotatable bonds is 30. The van der Waals surface area contributed by atoms with Crippen molar-refractivity contribution in [1.29, 1.82) is 10.8 Å². The van der Waals surface area contributed by atoms with Gasteiger partial charge in [-0.15, -0.1) is 0 Å². The summed E-state index contributed by atoms with van der Waals surface area (Å²) in [5.41, 5.74) is 11.3. The van der Waals surface area contributed by atoms with Gasteiger partial charge in [0, 0.05) is 39.2 Å². The summed E-state index contributed by atoms with van der Waals surface area (Å²) in [5, 5.41) is 31.0. The zero-order valence-electron chi connectivity index (χ0n) is 31.0. The average molecular weight is 719 g/mol. The van der Waals surface area contributed by atoms with E-state index in [1.54, 1.807) is 6.20 Å². The molecule has 13 N–H and O–H groups in total. The quantitative estimate of drug-likeness (QED) is 0.0316. The smallest absolute Gasteiger partial charge is 0.243 e. The van der Waals surface area contributed by atoms with Crippen LogP contribution in [0.15, 0.2) is 12.5 Å². The van der Waals surface area contributed by atoms with Gasteiger partial charge in [-0.1, -0.05) is 84.0 Å². The number of hydrogen-bond acceptors (Lipinski definition) is 7. The van der Waals surface area contributed by atoms with Crippen LogP contribution < -0.4 is 43.4 Å². The maximum Gasteiger partial charge on any atom is 0.243 e. The molecule has 0 spiro atoms. The Morgan fingerprint density at radius 2 is 1.16 bits per heavy atom. The largest absolute Gasteiger partial charge is 0.370 e. The highest BCUT2D eigenvalue weighted by molar-refractivity contribution is 5.94. The number of H-pyrrole nitrogens is 1. The Morgan fingerprint density at radius 3 is 1.63 bits per heavy atom. The highest BCUT2D eigenvalue weighted by Crippen LogP contribution is 2.13. The second-order valence-corrected chi connectivity index (χ2v) is 13.1. The fourth-order valence-corrected chi connectivity index (χ4v) is 5.71. The third kappa shape index (κ3) is 22.9. The number of nitrogens with one attached hydrogen (secondary N) is 9. The molecule has 1 aromatic heterocycles. The fraction of sp³-hybridized carbons (Fsp3) is 0.743. The molecule has 0 aromatic carbocycles. The van der Waals surface area contributed by atoms with Crippen LogP contribution in [-0.2, 0) is 25.6 Å². The van der Waals surface area contributed by atoms with Crippen molar-refractivity contribution in [2.45, 2.75) is 147 Å². The van der Waals surface area contributed by atoms with E-state index in [-0.39, 0.29) is 43.5 Å². The molecular weight excluding hydrogens is 652 g/mol. The van der Waals surface area contributed by atoms with Crippen molar-refractivity contribution in [3.63, 3.8) is 0 Å². The highest BCUT2D eigenvalue weighted by atomic mass is 16.2. The Hall–Kier alpha value is -4.37. The van der Waals surface area contributed by atoms with Crippen LogP contribution in [0.3, 0.4) is 0 Å². The van der Waals surface area contributed by atoms with Crippen LogP contribution in [0.2, 0.25) is 0 Å². The summed E-state index contributed by atoms with van der Waals surface area (Å²) in [6.07, 6.45) is 20.4. The summed E-state index contributed by atoms with van der Waals surface area (Å²) in [6.45, 7) is 2.91. The predicted molar refractivity (Wildman–Crippen MR) is 201 cm³/mol. The number of carbonyl (C=O) groups is 4. The van der Waals surface area contributed by atoms with Crippen molar-refractivity contribution < 1.29 is 19.2 Å². The van der Waals surface area contributed by atoms with Gasteiger partial charge in [0.05, 0.1) is 12.0 Å². The summed E-state index contributed by atoms with van der Waals surface area (Å²) >= 11 is 0. The third-order valence-electron chi connectivity index (χ3n) is 8.61. The molecule has 0 bridgehead atoms. The molecule has 4 amide bonds. The van der Waals surface area contributed by atoms with Gasteiger partial charge in [-0.05, 0) is 32.1 Å². The standard InChI is InChI=1S/C35H66N12O4/c1-3-4-5-6-7-8-9-10-11-12-13-14-15-20-30(48)45-28(19-17-22-43-35(38)39)32(50)47-29(23-26-24-41-25-44-26)33(51)46-27(31(49)40-2)18-16-21-42-34(36)37/h24-25,27-29H,3-23H2,1-2H3,(H,40,49)(H,41,44)(H,45,48)(H,46,51)(H,47,50)(H4,36,37,42)(H4,38,39,43)/t27-,28-,29-/m0/s1. The molecule has 0 radical (unpaired) electrons. The second-order valence-electron chi connectivity index (χ2n) is 13.1. The third-order valence-corrected chi connectivity index (χ3v) is 8.61. The lowest BCUT2D eigenvalue weighted by Gasteiger charge is -2.25. The molecule has 0 saturated carbocycles. The van der Waals surface area contributed by atoms with Crippen LogP contribution in [0.4, 0.5) is 0 Å². The minimum atomic E-state index is -1.10. The van der Waals surface area contributed by atoms with Gasteiger partial charge in [0.2, 0.25) is 23.6 Å². The van der Waals surface area contributed by atoms with Crippen molar-refractivity contribution >= 4 is 35.5 Å². The first-order valence-corrected chi connectivity index (χ1v) is 18.8. The van der Waals surface area contributed by atoms with E-state index < -0.39 is 35.8 Å². The second kappa shape index (κ2) is 28.3. The van der Waals surface area contributed by atoms with E-state index >= 15 is 0 Å². The minimum Gasteiger partial charge on any atom is -0.370 e. The molecular formula is C35H66N12O4. The van der Waals surface area contributed by atoms with Crippen LogP contribution in [0.1, 0.15) is 128 Å². The van der Waals surface area contributed by atoms with Gasteiger partial charge in [0.25, 0.3) is 0 Å². The number of nitrogens with two attached hydrogens (primary N) is 2. The van der Waals surface area contributed by atoms with Crippen LogP contribution in [0.25, 0.3) is 0 Å². The lowest BCUT2D eigenvalue weighted by Crippen LogP contribution is -2.57. The molecule has 0 aliphatic heterocycles. The van der Waals surface area contributed by atoms with Crippen LogP contribution in [0.5, 0.6) is 0 Å². The Bertz CT molecular complexity index is 1150. The van der Waals surface area contributed by atoms with E-state index in [0.29, 0.717) is 31.6 Å². The van der Waals surface area contributed by atoms with E-state index in [1.165, 1.54) is 71.2 Å². The van der Waals surface area contributed by atoms with Crippen molar-refractivity contribution in [2.24, 2.45) is 11.5 Å². The SMILES string of the molecule is CCCCCCCCCCCCCCCC(=O)N[C@@H](CCCNC(=N)N)C(=O)N[C@@H](Cc1c[nH]cn1)C(=O)N[C@@H](CCCNC(=N)N)C(=O)NC. The molecule has 0 aliphatic rings. The van der Waals surface area contributed by atoms with Crippen molar-refractivity contribution in [1.82, 2.24) is 41.9 Å². The lowest BCUT2D eigenvalue weighted by atomic mass is 10.0. The molecule has 1 rings (SSSR count). The normalized spacial score (nSPS) is 12.6. The van der Waals surface area contributed by atoms with Gasteiger partial charge in [-0.3, -0.25) is 30.0 Å². The Balaban J connectivity index is 2.76. The van der Waals surface area contributed by atoms with Crippen LogP contribution >= 0.6 is 0 Å². The minimum absolute atomic E-state index is 0.0406. The molecule has 0 aliphatic carbocycles. The molecule has 51 heavy (non-hydrogen) atoms. The molecule has 1 aromatic rings. The van der Waals surface area contributed by atoms with Crippen LogP contribution in [0, 0.1) is 10.8 Å². The summed E-state index contributed by atoms with van der Waals surface area (Å²) < 4.78 is 0. The lowest BCUT2D eigenvalue weighted by molar-refractivity contribution is -0.133. The first-order chi connectivity index (χ1) is 24.6. The fourth-order valence-electron chi connectivity index (χ4n) is 5.71. The maximum absolute atomic E-state index is 13.6. The molecule has 3 atom stereocenters. The number of hydrogen-bond donors (Lipinski definition) is 11. The highest BCUT2D eigenvalue weighted by Gasteiger charge is 2.30. The van der Waals surface area contributed by atoms with E-state index in [9.17, 15) is 19.2 Å². The van der Waals surface area contributed by atoms with Gasteiger partial charge in [-0.25, -0.2) is 4.98 Å². The molecule has 290 valence electrons. The predicted octanol–water partition coefficient (Wildman–Crippen LogP) is 2.16. The summed E-state index contributed by atoms with van der Waals surface area (Å²) in [7, 11) is 1.46. The van der Waals surface area contributed by atoms with Gasteiger partial charge < -0.3 is 48.4 Å². The van der Waals surface area contributed by atoms with Crippen molar-refractivity contribution in [2.75, 3.05) is 20.1 Å². The van der Waals surface area contributed by atoms with Gasteiger partial charge in [0.1, 0.15) is 18.1 Å². The summed E-state index contributed by atoms with van der Waals surface area (Å²) in [6, 6.07) is -2.93. The van der Waals surface area contributed by atoms with E-state index in [4.69, 9.17) is 22.3 Å². The molecule has 0 fully saturated rings. The number of imidazole rings is 1. The zero-order chi connectivity index (χ0) is 37.7. The number of aromatic nitrogens is 2. The summed E-state index contributed by atoms with van der Waals surface area (Å²) in [5.74, 6) is -2.18. The van der Waals surface area contributed by atoms with E-state index in [2.05, 4.69) is 48.8 Å². The molecule has 1 heterocycles. The first-order valence-electron chi connectivity index (χ1n) is 18.8. The molecule has 0 unspecified atom stereocenters. The number of carbonyl (C=O) groups excluding carboxylic acids is 4. The number of guanidine groups is 2. The monoisotopic (exact) mass is 719 g/mol. The zero-order valence-corrected chi connectivity index (χ0v) is 31.0. The Morgan fingerprint density at radius 1 is 0.686 bits per heavy atom. The van der Waals surface area contributed by atoms with Gasteiger partial charge in [-0.2, -0.15) is 0 Å². The van der Waals surface area contributed by atoms with Crippen molar-refractivity contribution in [3.05, 3.63) is 18.2 Å². The molecule has 16 nitrogen and oxygen atoms in total. The first kappa shape index (κ1) is 44.7. The van der Waals surface area contributed by atoms with E-state index in [1.807, 2.05) is 0 Å². The van der Waals surface area contributed by atoms with Gasteiger partial charge >= 0.3 is 0 Å². The summed E-state index contributed by atoms with van der Waals surface area (Å²) in [4.78, 5) is 59.8. The number of aromatic amines is 1. The average Bonchev–Trinajstić information content (AvgIpc) is 3.61. The number of nitrogens with zero attached hydrogens (tertiary/aromatic N) is 1. The maximum atomic E-state index is 13.6. The van der Waals surface area contributed by atoms with Gasteiger partial charge in [0.15, 0.2) is 11.9 Å². The van der Waals surface area contributed by atoms with Crippen molar-refractivity contribution in [3.8, 4) is 0 Å². The van der Waals surface area contributed by atoms with E-state index in [0.717, 1.165) is 25.7 Å². The molecule has 0 saturated heterocycles. The topological polar surface area (TPSA) is 269 Å². The number of likely N-dealkylation sites (N-methyl/N-ethyl adjacent to an activating group) is 1.